The Bertz CT molecular complexity index is 514. The van der Waals surface area contributed by atoms with Crippen molar-refractivity contribution in [2.45, 2.75) is 13.8 Å². The molecule has 0 unspecified atom stereocenters. The van der Waals surface area contributed by atoms with Crippen LogP contribution in [0.3, 0.4) is 0 Å². The quantitative estimate of drug-likeness (QED) is 0.791. The van der Waals surface area contributed by atoms with Gasteiger partial charge in [0.2, 0.25) is 0 Å². The van der Waals surface area contributed by atoms with Gasteiger partial charge in [-0.2, -0.15) is 0 Å². The monoisotopic (exact) mass is 256 g/mol. The van der Waals surface area contributed by atoms with Crippen LogP contribution in [0.5, 0.6) is 0 Å². The summed E-state index contributed by atoms with van der Waals surface area (Å²) >= 11 is 5.28. The fraction of sp³-hybridized carbons (Fsp3) is 0.133. The Hall–Kier alpha value is -1.87. The number of hydrogen-bond acceptors (Lipinski definition) is 1. The predicted molar refractivity (Wildman–Crippen MR) is 82.2 cm³/mol. The molecule has 0 aromatic heterocycles. The van der Waals surface area contributed by atoms with Gasteiger partial charge in [0.25, 0.3) is 0 Å². The van der Waals surface area contributed by atoms with E-state index in [0.29, 0.717) is 5.11 Å². The lowest BCUT2D eigenvalue weighted by molar-refractivity contribution is 1.45. The van der Waals surface area contributed by atoms with Gasteiger partial charge in [0, 0.05) is 11.4 Å². The van der Waals surface area contributed by atoms with E-state index < -0.39 is 0 Å². The lowest BCUT2D eigenvalue weighted by Crippen LogP contribution is -2.19. The maximum absolute atomic E-state index is 5.28. The first kappa shape index (κ1) is 12.6. The third-order valence-electron chi connectivity index (χ3n) is 2.55. The number of hydrogen-bond donors (Lipinski definition) is 2. The topological polar surface area (TPSA) is 24.1 Å². The summed E-state index contributed by atoms with van der Waals surface area (Å²) in [7, 11) is 0. The molecule has 0 heterocycles. The van der Waals surface area contributed by atoms with Gasteiger partial charge in [-0.3, -0.25) is 0 Å². The molecule has 0 bridgehead atoms. The Morgan fingerprint density at radius 1 is 0.833 bits per heavy atom. The number of thiocarbonyl (C=S) groups is 1. The average molecular weight is 256 g/mol. The summed E-state index contributed by atoms with van der Waals surface area (Å²) < 4.78 is 0. The Kier molecular flexibility index (Phi) is 3.95. The molecule has 2 rings (SSSR count). The van der Waals surface area contributed by atoms with Crippen molar-refractivity contribution in [3.05, 3.63) is 59.7 Å². The van der Waals surface area contributed by atoms with Crippen molar-refractivity contribution in [1.82, 2.24) is 0 Å². The Morgan fingerprint density at radius 2 is 1.28 bits per heavy atom. The van der Waals surface area contributed by atoms with Crippen LogP contribution in [0.15, 0.2) is 48.5 Å². The van der Waals surface area contributed by atoms with Crippen LogP contribution in [0.25, 0.3) is 0 Å². The first-order valence-electron chi connectivity index (χ1n) is 5.85. The van der Waals surface area contributed by atoms with Crippen LogP contribution in [0.2, 0.25) is 0 Å². The van der Waals surface area contributed by atoms with Gasteiger partial charge in [0.15, 0.2) is 5.11 Å². The molecule has 92 valence electrons. The Balaban J connectivity index is 2.01. The first-order valence-corrected chi connectivity index (χ1v) is 6.26. The molecule has 2 N–H and O–H groups in total. The van der Waals surface area contributed by atoms with Gasteiger partial charge in [-0.25, -0.2) is 0 Å². The Labute approximate surface area is 113 Å². The van der Waals surface area contributed by atoms with Gasteiger partial charge in [-0.1, -0.05) is 24.3 Å². The van der Waals surface area contributed by atoms with Gasteiger partial charge < -0.3 is 10.6 Å². The minimum atomic E-state index is 0.603. The van der Waals surface area contributed by atoms with Gasteiger partial charge in [0.05, 0.1) is 0 Å². The zero-order chi connectivity index (χ0) is 13.0. The predicted octanol–water partition coefficient (Wildman–Crippen LogP) is 4.11. The first-order chi connectivity index (χ1) is 8.63. The van der Waals surface area contributed by atoms with Crippen molar-refractivity contribution in [3.63, 3.8) is 0 Å². The van der Waals surface area contributed by atoms with Gasteiger partial charge in [-0.15, -0.1) is 0 Å². The summed E-state index contributed by atoms with van der Waals surface area (Å²) in [5, 5.41) is 6.94. The molecule has 18 heavy (non-hydrogen) atoms. The zero-order valence-electron chi connectivity index (χ0n) is 10.5. The molecule has 0 saturated heterocycles. The maximum Gasteiger partial charge on any atom is 0.175 e. The number of nitrogens with one attached hydrogen (secondary N) is 2. The van der Waals surface area contributed by atoms with Crippen LogP contribution < -0.4 is 10.6 Å². The zero-order valence-corrected chi connectivity index (χ0v) is 11.3. The maximum atomic E-state index is 5.28. The van der Waals surface area contributed by atoms with E-state index in [-0.39, 0.29) is 0 Å². The molecule has 0 aliphatic carbocycles. The fourth-order valence-electron chi connectivity index (χ4n) is 1.74. The van der Waals surface area contributed by atoms with Crippen LogP contribution in [-0.2, 0) is 0 Å². The molecule has 0 atom stereocenters. The highest BCUT2D eigenvalue weighted by atomic mass is 32.1. The average Bonchev–Trinajstić information content (AvgIpc) is 2.28. The summed E-state index contributed by atoms with van der Waals surface area (Å²) in [5.41, 5.74) is 4.41. The summed E-state index contributed by atoms with van der Waals surface area (Å²) in [6, 6.07) is 16.2. The molecule has 0 fully saturated rings. The molecule has 0 radical (unpaired) electrons. The minimum absolute atomic E-state index is 0.603. The van der Waals surface area contributed by atoms with E-state index in [1.807, 2.05) is 24.3 Å². The van der Waals surface area contributed by atoms with Gasteiger partial charge >= 0.3 is 0 Å². The molecule has 0 aliphatic heterocycles. The van der Waals surface area contributed by atoms with Crippen molar-refractivity contribution in [2.24, 2.45) is 0 Å². The van der Waals surface area contributed by atoms with Crippen LogP contribution in [-0.4, -0.2) is 5.11 Å². The molecule has 3 heteroatoms. The molecular weight excluding hydrogens is 240 g/mol. The van der Waals surface area contributed by atoms with E-state index >= 15 is 0 Å². The van der Waals surface area contributed by atoms with Crippen LogP contribution >= 0.6 is 12.2 Å². The molecule has 0 amide bonds. The van der Waals surface area contributed by atoms with E-state index in [1.54, 1.807) is 0 Å². The van der Waals surface area contributed by atoms with Crippen molar-refractivity contribution in [1.29, 1.82) is 0 Å². The smallest absolute Gasteiger partial charge is 0.175 e. The molecule has 2 aromatic rings. The number of aryl methyl sites for hydroxylation is 2. The van der Waals surface area contributed by atoms with Crippen molar-refractivity contribution < 1.29 is 0 Å². The molecular formula is C15H16N2S. The van der Waals surface area contributed by atoms with Crippen molar-refractivity contribution >= 4 is 28.7 Å². The van der Waals surface area contributed by atoms with Crippen LogP contribution in [0, 0.1) is 13.8 Å². The number of benzene rings is 2. The molecule has 0 saturated carbocycles. The standard InChI is InChI=1S/C15H16N2S/c1-11-5-3-7-13(9-11)16-15(18)17-14-8-4-6-12(2)10-14/h3-10H,1-2H3,(H2,16,17,18). The van der Waals surface area contributed by atoms with Gasteiger partial charge in [0.1, 0.15) is 0 Å². The largest absolute Gasteiger partial charge is 0.332 e. The SMILES string of the molecule is Cc1cccc(NC(=S)Nc2cccc(C)c2)c1. The molecule has 2 nitrogen and oxygen atoms in total. The summed E-state index contributed by atoms with van der Waals surface area (Å²) in [6.07, 6.45) is 0. The van der Waals surface area contributed by atoms with E-state index in [4.69, 9.17) is 12.2 Å². The minimum Gasteiger partial charge on any atom is -0.332 e. The number of rotatable bonds is 2. The highest BCUT2D eigenvalue weighted by Gasteiger charge is 1.99. The van der Waals surface area contributed by atoms with E-state index in [1.165, 1.54) is 11.1 Å². The molecule has 0 spiro atoms. The van der Waals surface area contributed by atoms with Crippen LogP contribution in [0.1, 0.15) is 11.1 Å². The van der Waals surface area contributed by atoms with E-state index in [0.717, 1.165) is 11.4 Å². The summed E-state index contributed by atoms with van der Waals surface area (Å²) in [6.45, 7) is 4.12. The lowest BCUT2D eigenvalue weighted by atomic mass is 10.2. The second-order valence-electron chi connectivity index (χ2n) is 4.32. The van der Waals surface area contributed by atoms with E-state index in [2.05, 4.69) is 48.7 Å². The third kappa shape index (κ3) is 3.57. The highest BCUT2D eigenvalue weighted by Crippen LogP contribution is 2.12. The molecule has 2 aromatic carbocycles. The lowest BCUT2D eigenvalue weighted by Gasteiger charge is -2.11. The Morgan fingerprint density at radius 3 is 1.67 bits per heavy atom. The highest BCUT2D eigenvalue weighted by molar-refractivity contribution is 7.80. The summed E-state index contributed by atoms with van der Waals surface area (Å²) in [4.78, 5) is 0. The second kappa shape index (κ2) is 5.65. The van der Waals surface area contributed by atoms with Crippen molar-refractivity contribution in [2.75, 3.05) is 10.6 Å². The second-order valence-corrected chi connectivity index (χ2v) is 4.73. The van der Waals surface area contributed by atoms with Crippen molar-refractivity contribution in [3.8, 4) is 0 Å². The fourth-order valence-corrected chi connectivity index (χ4v) is 1.97. The number of anilines is 2. The normalized spacial score (nSPS) is 9.89. The summed E-state index contributed by atoms with van der Waals surface area (Å²) in [5.74, 6) is 0. The molecule has 0 aliphatic rings. The third-order valence-corrected chi connectivity index (χ3v) is 2.76. The van der Waals surface area contributed by atoms with E-state index in [9.17, 15) is 0 Å². The van der Waals surface area contributed by atoms with Gasteiger partial charge in [-0.05, 0) is 61.5 Å². The van der Waals surface area contributed by atoms with Crippen LogP contribution in [0.4, 0.5) is 11.4 Å².